The molecular weight excluding hydrogens is 1390 g/mol. The molecule has 107 heavy (non-hydrogen) atoms. The number of carbonyl (C=O) groups is 10. The molecular formula is C79H117N13O14S. The Hall–Kier alpha value is -8.67. The molecule has 6 rings (SSSR count). The normalized spacial score (nSPS) is 16.8. The molecule has 3 heterocycles. The molecule has 9 N–H and O–H groups in total. The van der Waals surface area contributed by atoms with Crippen molar-refractivity contribution >= 4 is 82.1 Å². The summed E-state index contributed by atoms with van der Waals surface area (Å²) in [6.07, 6.45) is 6.76. The highest BCUT2D eigenvalue weighted by molar-refractivity contribution is 7.09. The van der Waals surface area contributed by atoms with E-state index in [9.17, 15) is 53.1 Å². The van der Waals surface area contributed by atoms with Gasteiger partial charge in [-0.3, -0.25) is 58.4 Å². The molecule has 1 unspecified atom stereocenters. The van der Waals surface area contributed by atoms with Gasteiger partial charge in [0.2, 0.25) is 35.4 Å². The van der Waals surface area contributed by atoms with Gasteiger partial charge in [0.05, 0.1) is 42.8 Å². The van der Waals surface area contributed by atoms with Crippen molar-refractivity contribution in [3.05, 3.63) is 124 Å². The van der Waals surface area contributed by atoms with Crippen molar-refractivity contribution in [2.45, 2.75) is 207 Å². The lowest BCUT2D eigenvalue weighted by Gasteiger charge is -2.41. The molecule has 1 saturated heterocycles. The third kappa shape index (κ3) is 26.0. The topological polar surface area (TPSA) is 346 Å². The number of likely N-dealkylation sites (N-methyl/N-ethyl adjacent to an activating group) is 2. The van der Waals surface area contributed by atoms with Crippen molar-refractivity contribution in [3.8, 4) is 0 Å². The number of benzene rings is 3. The zero-order valence-corrected chi connectivity index (χ0v) is 65.7. The molecule has 588 valence electrons. The predicted molar refractivity (Wildman–Crippen MR) is 412 cm³/mol. The average Bonchev–Trinajstić information content (AvgIpc) is 1.68. The summed E-state index contributed by atoms with van der Waals surface area (Å²) in [4.78, 5) is 146. The zero-order chi connectivity index (χ0) is 78.6. The van der Waals surface area contributed by atoms with Gasteiger partial charge in [-0.15, -0.1) is 11.3 Å². The Morgan fingerprint density at radius 1 is 0.748 bits per heavy atom. The van der Waals surface area contributed by atoms with E-state index in [1.807, 2.05) is 113 Å². The monoisotopic (exact) mass is 1500 g/mol. The van der Waals surface area contributed by atoms with Gasteiger partial charge in [-0.05, 0) is 123 Å². The molecule has 1 fully saturated rings. The Labute approximate surface area is 635 Å². The maximum atomic E-state index is 14.9. The van der Waals surface area contributed by atoms with E-state index < -0.39 is 78.5 Å². The van der Waals surface area contributed by atoms with Crippen LogP contribution in [0.2, 0.25) is 0 Å². The Balaban J connectivity index is 0.988. The van der Waals surface area contributed by atoms with Crippen LogP contribution in [-0.2, 0) is 72.0 Å². The molecule has 0 bridgehead atoms. The number of hydrogen-bond donors (Lipinski definition) is 8. The van der Waals surface area contributed by atoms with Gasteiger partial charge in [0.15, 0.2) is 0 Å². The van der Waals surface area contributed by atoms with E-state index in [0.29, 0.717) is 75.0 Å². The van der Waals surface area contributed by atoms with Crippen molar-refractivity contribution in [1.82, 2.24) is 51.2 Å². The third-order valence-corrected chi connectivity index (χ3v) is 21.3. The van der Waals surface area contributed by atoms with Crippen molar-refractivity contribution in [3.63, 3.8) is 0 Å². The first kappa shape index (κ1) is 87.2. The molecule has 12 atom stereocenters. The Kier molecular flexibility index (Phi) is 35.4. The minimum Gasteiger partial charge on any atom is -0.444 e. The number of ether oxygens (including phenoxy) is 3. The second-order valence-corrected chi connectivity index (χ2v) is 30.2. The molecule has 0 spiro atoms. The quantitative estimate of drug-likeness (QED) is 0.0119. The number of nitrogens with two attached hydrogens (primary N) is 1. The first-order valence-electron chi connectivity index (χ1n) is 37.5. The number of primary amides is 1. The summed E-state index contributed by atoms with van der Waals surface area (Å²) in [6, 6.07) is 18.7. The molecule has 11 amide bonds. The highest BCUT2D eigenvalue weighted by atomic mass is 32.1. The number of hydrogen-bond acceptors (Lipinski definition) is 18. The van der Waals surface area contributed by atoms with Gasteiger partial charge in [0.1, 0.15) is 36.0 Å². The summed E-state index contributed by atoms with van der Waals surface area (Å²) in [5.74, 6) is -4.25. The zero-order valence-electron chi connectivity index (χ0n) is 64.9. The summed E-state index contributed by atoms with van der Waals surface area (Å²) >= 11 is 1.52. The molecule has 0 aliphatic carbocycles. The summed E-state index contributed by atoms with van der Waals surface area (Å²) in [5, 5.41) is 32.0. The summed E-state index contributed by atoms with van der Waals surface area (Å²) in [5.41, 5.74) is 8.90. The fraction of sp³-hybridized carbons (Fsp3) is 0.582. The molecule has 2 aliphatic heterocycles. The van der Waals surface area contributed by atoms with Crippen LogP contribution in [0.5, 0.6) is 0 Å². The number of aliphatic hydroxyl groups is 1. The smallest absolute Gasteiger partial charge is 0.414 e. The highest BCUT2D eigenvalue weighted by Gasteiger charge is 2.44. The number of thiazole rings is 1. The second-order valence-electron chi connectivity index (χ2n) is 29.3. The number of urea groups is 1. The van der Waals surface area contributed by atoms with E-state index in [1.54, 1.807) is 77.5 Å². The van der Waals surface area contributed by atoms with E-state index in [0.717, 1.165) is 27.5 Å². The number of aliphatic hydroxyl groups excluding tert-OH is 1. The molecule has 0 radical (unpaired) electrons. The number of nitrogens with one attached hydrogen (secondary N) is 6. The fourth-order valence-corrected chi connectivity index (χ4v) is 14.7. The van der Waals surface area contributed by atoms with Gasteiger partial charge < -0.3 is 61.4 Å². The van der Waals surface area contributed by atoms with Crippen LogP contribution in [0, 0.1) is 29.6 Å². The Morgan fingerprint density at radius 3 is 2.01 bits per heavy atom. The summed E-state index contributed by atoms with van der Waals surface area (Å²) in [6.45, 7) is 18.6. The van der Waals surface area contributed by atoms with Crippen LogP contribution in [0.25, 0.3) is 0 Å². The van der Waals surface area contributed by atoms with E-state index in [4.69, 9.17) is 19.9 Å². The third-order valence-electron chi connectivity index (χ3n) is 20.4. The lowest BCUT2D eigenvalue weighted by molar-refractivity contribution is -0.148. The number of rotatable bonds is 44. The van der Waals surface area contributed by atoms with Crippen LogP contribution in [0.4, 0.5) is 21.0 Å². The minimum absolute atomic E-state index is 0.00385. The summed E-state index contributed by atoms with van der Waals surface area (Å²) in [7, 11) is 8.40. The van der Waals surface area contributed by atoms with Gasteiger partial charge in [0, 0.05) is 102 Å². The molecule has 2 aliphatic rings. The van der Waals surface area contributed by atoms with Gasteiger partial charge in [-0.1, -0.05) is 130 Å². The van der Waals surface area contributed by atoms with Crippen molar-refractivity contribution < 1.29 is 67.3 Å². The van der Waals surface area contributed by atoms with Crippen LogP contribution in [0.1, 0.15) is 154 Å². The number of likely N-dealkylation sites (tertiary alicyclic amines) is 1. The number of imide groups is 1. The first-order chi connectivity index (χ1) is 51.0. The first-order valence-corrected chi connectivity index (χ1v) is 38.4. The van der Waals surface area contributed by atoms with E-state index >= 15 is 0 Å². The fourth-order valence-electron chi connectivity index (χ4n) is 14.0. The van der Waals surface area contributed by atoms with Gasteiger partial charge in [-0.25, -0.2) is 14.6 Å². The van der Waals surface area contributed by atoms with Crippen molar-refractivity contribution in [1.29, 1.82) is 0 Å². The van der Waals surface area contributed by atoms with E-state index in [1.165, 1.54) is 28.4 Å². The molecule has 3 aromatic carbocycles. The lowest BCUT2D eigenvalue weighted by Crippen LogP contribution is -2.60. The molecule has 0 saturated carbocycles. The van der Waals surface area contributed by atoms with Crippen molar-refractivity contribution in [2.75, 3.05) is 71.8 Å². The number of unbranched alkanes of at least 4 members (excludes halogenated alkanes) is 2. The maximum Gasteiger partial charge on any atom is 0.414 e. The Morgan fingerprint density at radius 2 is 1.41 bits per heavy atom. The number of amides is 11. The van der Waals surface area contributed by atoms with Gasteiger partial charge in [0.25, 0.3) is 11.8 Å². The van der Waals surface area contributed by atoms with Crippen LogP contribution in [-0.4, -0.2) is 205 Å². The molecule has 4 aromatic rings. The highest BCUT2D eigenvalue weighted by Crippen LogP contribution is 2.32. The number of methoxy groups -OCH3 is 2. The van der Waals surface area contributed by atoms with Gasteiger partial charge in [-0.2, -0.15) is 0 Å². The number of anilines is 2. The number of aromatic nitrogens is 1. The minimum atomic E-state index is -1.08. The number of carbonyl (C=O) groups excluding carboxylic acids is 10. The van der Waals surface area contributed by atoms with Crippen LogP contribution in [0.15, 0.2) is 103 Å². The van der Waals surface area contributed by atoms with Crippen LogP contribution in [0.3, 0.4) is 0 Å². The average molecular weight is 1500 g/mol. The summed E-state index contributed by atoms with van der Waals surface area (Å²) < 4.78 is 18.0. The lowest BCUT2D eigenvalue weighted by atomic mass is 9.89. The maximum absolute atomic E-state index is 14.9. The number of nitrogens with zero attached hydrogens (tertiary/aromatic N) is 6. The van der Waals surface area contributed by atoms with Crippen LogP contribution >= 0.6 is 11.3 Å². The Bertz CT molecular complexity index is 3530. The standard InChI is InChI=1S/C79H117N13O14S/c1-15-52(8)70(62(104-13)47-66(96)91-43-23-27-61(91)71(105-14)53(9)72(97)85-60(76-81-41-45-107-76)46-55-24-18-16-19-25-55)90(12)77(101)68(50(4)5)87-75(100)69(51(6)7)88(10)44-39-54-31-35-58(36-32-54)89(11)79(103)106-48-56-29-33-57(34-30-56)83-73(98)59(26-22-40-82-78(80)102)84-74(99)67(49(2)3)86-63(93)28-20-17-21-42-92-64(94)37-38-65(92)95/h16,18-19,24-25,29-38,41,45,49-53,59-62,67-72,85,97H,15,17,20-23,26-28,39-40,42-44,46-48H2,1-14H3,(H,83,98)(H,84,99)(H,86,93)(H,87,100)(H3,80,82,102)/t52-,53+,59-,60-,61-,62+,67-,68-,69-,70-,71+,72?/m0/s1. The predicted octanol–water partition coefficient (Wildman–Crippen LogP) is 7.87. The van der Waals surface area contributed by atoms with E-state index in [-0.39, 0.29) is 117 Å². The SMILES string of the molecule is CC[C@H](C)[C@@H]([C@@H](CC(=O)N1CCC[C@H]1[C@H](OC)[C@@H](C)C(O)N[C@@H](Cc1ccccc1)c1nccs1)OC)N(C)C(=O)[C@@H](NC(=O)[C@H](C(C)C)N(C)CCc1ccc(N(C)C(=O)OCc2ccc(NC(=O)[C@H](CCCNC(N)=O)NC(=O)[C@@H](NC(=O)CCCCCN3C(=O)C=CC3=O)C(C)C)cc2)cc1)C(C)C. The van der Waals surface area contributed by atoms with Gasteiger partial charge >= 0.3 is 12.1 Å². The van der Waals surface area contributed by atoms with Crippen molar-refractivity contribution in [2.24, 2.45) is 35.3 Å². The van der Waals surface area contributed by atoms with Crippen LogP contribution < -0.4 is 42.5 Å². The molecule has 1 aromatic heterocycles. The molecule has 28 heteroatoms. The molecule has 27 nitrogen and oxygen atoms in total. The second kappa shape index (κ2) is 43.4. The van der Waals surface area contributed by atoms with E-state index in [2.05, 4.69) is 49.0 Å². The largest absolute Gasteiger partial charge is 0.444 e.